The highest BCUT2D eigenvalue weighted by Gasteiger charge is 2.22. The van der Waals surface area contributed by atoms with Crippen molar-refractivity contribution >= 4 is 34.4 Å². The molecule has 1 unspecified atom stereocenters. The van der Waals surface area contributed by atoms with E-state index in [1.54, 1.807) is 11.6 Å². The summed E-state index contributed by atoms with van der Waals surface area (Å²) in [6, 6.07) is 7.47. The van der Waals surface area contributed by atoms with E-state index in [1.165, 1.54) is 0 Å². The number of carboxylic acids is 1. The lowest BCUT2D eigenvalue weighted by atomic mass is 10.0. The Morgan fingerprint density at radius 1 is 1.36 bits per heavy atom. The molecule has 2 rings (SSSR count). The van der Waals surface area contributed by atoms with Gasteiger partial charge in [-0.1, -0.05) is 43.1 Å². The minimum absolute atomic E-state index is 0.0971. The fraction of sp³-hybridized carbons (Fsp3) is 0.375. The van der Waals surface area contributed by atoms with Crippen molar-refractivity contribution in [2.75, 3.05) is 6.54 Å². The van der Waals surface area contributed by atoms with Crippen LogP contribution in [0.25, 0.3) is 10.9 Å². The molecule has 1 heterocycles. The Kier molecular flexibility index (Phi) is 5.08. The molecule has 0 aliphatic rings. The minimum Gasteiger partial charge on any atom is -0.481 e. The maximum atomic E-state index is 12.4. The number of nitrogens with one attached hydrogen (secondary N) is 1. The van der Waals surface area contributed by atoms with Gasteiger partial charge in [-0.15, -0.1) is 0 Å². The number of hydrogen-bond donors (Lipinski definition) is 2. The number of rotatable bonds is 6. The van der Waals surface area contributed by atoms with Gasteiger partial charge in [-0.05, 0) is 12.5 Å². The van der Waals surface area contributed by atoms with E-state index in [1.807, 2.05) is 31.2 Å². The van der Waals surface area contributed by atoms with E-state index in [4.69, 9.17) is 16.7 Å². The summed E-state index contributed by atoms with van der Waals surface area (Å²) in [5, 5.41) is 13.0. The maximum absolute atomic E-state index is 12.4. The van der Waals surface area contributed by atoms with Gasteiger partial charge in [0.25, 0.3) is 5.91 Å². The second-order valence-corrected chi connectivity index (χ2v) is 5.65. The number of halogens is 1. The number of amides is 1. The van der Waals surface area contributed by atoms with Crippen LogP contribution in [0.4, 0.5) is 0 Å². The average molecular weight is 323 g/mol. The zero-order valence-electron chi connectivity index (χ0n) is 12.6. The standard InChI is InChI=1S/C16H19ClN2O3/c1-3-6-10(16(21)22)9-18-15(20)14-13(17)11-7-4-5-8-12(11)19(14)2/h4-5,7-8,10H,3,6,9H2,1-2H3,(H,18,20)(H,21,22). The Labute approximate surface area is 133 Å². The second kappa shape index (κ2) is 6.83. The summed E-state index contributed by atoms with van der Waals surface area (Å²) in [6.45, 7) is 2.01. The zero-order valence-corrected chi connectivity index (χ0v) is 13.4. The molecule has 0 aliphatic heterocycles. The first kappa shape index (κ1) is 16.4. The van der Waals surface area contributed by atoms with E-state index in [2.05, 4.69) is 5.32 Å². The van der Waals surface area contributed by atoms with E-state index >= 15 is 0 Å². The summed E-state index contributed by atoms with van der Waals surface area (Å²) in [5.41, 5.74) is 1.21. The molecule has 0 saturated carbocycles. The average Bonchev–Trinajstić information content (AvgIpc) is 2.75. The molecule has 1 amide bonds. The monoisotopic (exact) mass is 322 g/mol. The third-order valence-electron chi connectivity index (χ3n) is 3.76. The van der Waals surface area contributed by atoms with Crippen LogP contribution in [0.5, 0.6) is 0 Å². The van der Waals surface area contributed by atoms with Crippen molar-refractivity contribution < 1.29 is 14.7 Å². The SMILES string of the molecule is CCCC(CNC(=O)c1c(Cl)c2ccccc2n1C)C(=O)O. The number of carboxylic acid groups (broad SMARTS) is 1. The molecular weight excluding hydrogens is 304 g/mol. The minimum atomic E-state index is -0.898. The molecular formula is C16H19ClN2O3. The topological polar surface area (TPSA) is 71.3 Å². The van der Waals surface area contributed by atoms with Gasteiger partial charge < -0.3 is 15.0 Å². The molecule has 1 aromatic carbocycles. The van der Waals surface area contributed by atoms with E-state index in [-0.39, 0.29) is 12.5 Å². The van der Waals surface area contributed by atoms with Crippen molar-refractivity contribution in [2.45, 2.75) is 19.8 Å². The van der Waals surface area contributed by atoms with Gasteiger partial charge in [0.2, 0.25) is 0 Å². The molecule has 0 fully saturated rings. The Balaban J connectivity index is 2.21. The van der Waals surface area contributed by atoms with Gasteiger partial charge in [0, 0.05) is 24.5 Å². The van der Waals surface area contributed by atoms with Crippen LogP contribution in [-0.2, 0) is 11.8 Å². The number of para-hydroxylation sites is 1. The first-order valence-corrected chi connectivity index (χ1v) is 7.59. The van der Waals surface area contributed by atoms with Crippen molar-refractivity contribution in [1.29, 1.82) is 0 Å². The van der Waals surface area contributed by atoms with Gasteiger partial charge in [-0.25, -0.2) is 0 Å². The van der Waals surface area contributed by atoms with Crippen molar-refractivity contribution in [3.8, 4) is 0 Å². The zero-order chi connectivity index (χ0) is 16.3. The van der Waals surface area contributed by atoms with Gasteiger partial charge in [-0.2, -0.15) is 0 Å². The molecule has 5 nitrogen and oxygen atoms in total. The van der Waals surface area contributed by atoms with Crippen molar-refractivity contribution in [3.63, 3.8) is 0 Å². The molecule has 0 bridgehead atoms. The number of aliphatic carboxylic acids is 1. The van der Waals surface area contributed by atoms with E-state index in [0.717, 1.165) is 17.3 Å². The number of carbonyl (C=O) groups excluding carboxylic acids is 1. The van der Waals surface area contributed by atoms with Crippen LogP contribution >= 0.6 is 11.6 Å². The largest absolute Gasteiger partial charge is 0.481 e. The number of hydrogen-bond acceptors (Lipinski definition) is 2. The smallest absolute Gasteiger partial charge is 0.308 e. The van der Waals surface area contributed by atoms with Crippen LogP contribution in [0, 0.1) is 5.92 Å². The normalized spacial score (nSPS) is 12.3. The van der Waals surface area contributed by atoms with Crippen LogP contribution < -0.4 is 5.32 Å². The van der Waals surface area contributed by atoms with Gasteiger partial charge >= 0.3 is 5.97 Å². The Morgan fingerprint density at radius 3 is 2.64 bits per heavy atom. The quantitative estimate of drug-likeness (QED) is 0.858. The van der Waals surface area contributed by atoms with Gasteiger partial charge in [0.15, 0.2) is 0 Å². The van der Waals surface area contributed by atoms with Crippen LogP contribution in [0.15, 0.2) is 24.3 Å². The Morgan fingerprint density at radius 2 is 2.05 bits per heavy atom. The Bertz CT molecular complexity index is 670. The molecule has 0 spiro atoms. The van der Waals surface area contributed by atoms with Crippen LogP contribution in [-0.4, -0.2) is 28.1 Å². The number of carbonyl (C=O) groups is 2. The summed E-state index contributed by atoms with van der Waals surface area (Å²) in [5.74, 6) is -1.83. The lowest BCUT2D eigenvalue weighted by Crippen LogP contribution is -2.33. The summed E-state index contributed by atoms with van der Waals surface area (Å²) in [6.07, 6.45) is 1.28. The third-order valence-corrected chi connectivity index (χ3v) is 4.14. The molecule has 0 radical (unpaired) electrons. The summed E-state index contributed by atoms with van der Waals surface area (Å²) >= 11 is 6.30. The number of benzene rings is 1. The summed E-state index contributed by atoms with van der Waals surface area (Å²) in [4.78, 5) is 23.5. The van der Waals surface area contributed by atoms with E-state index in [0.29, 0.717) is 17.1 Å². The molecule has 22 heavy (non-hydrogen) atoms. The molecule has 0 aliphatic carbocycles. The second-order valence-electron chi connectivity index (χ2n) is 5.27. The maximum Gasteiger partial charge on any atom is 0.308 e. The number of fused-ring (bicyclic) bond motifs is 1. The number of aryl methyl sites for hydroxylation is 1. The highest BCUT2D eigenvalue weighted by Crippen LogP contribution is 2.29. The van der Waals surface area contributed by atoms with Gasteiger partial charge in [-0.3, -0.25) is 9.59 Å². The van der Waals surface area contributed by atoms with E-state index < -0.39 is 11.9 Å². The molecule has 118 valence electrons. The van der Waals surface area contributed by atoms with Crippen LogP contribution in [0.1, 0.15) is 30.3 Å². The predicted molar refractivity (Wildman–Crippen MR) is 86.3 cm³/mol. The van der Waals surface area contributed by atoms with Crippen molar-refractivity contribution in [2.24, 2.45) is 13.0 Å². The van der Waals surface area contributed by atoms with Gasteiger partial charge in [0.1, 0.15) is 5.69 Å². The lowest BCUT2D eigenvalue weighted by Gasteiger charge is -2.13. The Hall–Kier alpha value is -2.01. The van der Waals surface area contributed by atoms with E-state index in [9.17, 15) is 9.59 Å². The lowest BCUT2D eigenvalue weighted by molar-refractivity contribution is -0.141. The molecule has 2 N–H and O–H groups in total. The molecule has 0 saturated heterocycles. The summed E-state index contributed by atoms with van der Waals surface area (Å²) < 4.78 is 1.72. The number of aromatic nitrogens is 1. The van der Waals surface area contributed by atoms with Crippen LogP contribution in [0.2, 0.25) is 5.02 Å². The first-order chi connectivity index (χ1) is 10.5. The molecule has 6 heteroatoms. The van der Waals surface area contributed by atoms with Crippen molar-refractivity contribution in [1.82, 2.24) is 9.88 Å². The fourth-order valence-electron chi connectivity index (χ4n) is 2.56. The summed E-state index contributed by atoms with van der Waals surface area (Å²) in [7, 11) is 1.77. The fourth-order valence-corrected chi connectivity index (χ4v) is 2.93. The number of nitrogens with zero attached hydrogens (tertiary/aromatic N) is 1. The molecule has 1 atom stereocenters. The third kappa shape index (κ3) is 3.09. The molecule has 1 aromatic heterocycles. The highest BCUT2D eigenvalue weighted by molar-refractivity contribution is 6.38. The predicted octanol–water partition coefficient (Wildman–Crippen LogP) is 3.06. The first-order valence-electron chi connectivity index (χ1n) is 7.21. The molecule has 2 aromatic rings. The van der Waals surface area contributed by atoms with Crippen molar-refractivity contribution in [3.05, 3.63) is 35.0 Å². The van der Waals surface area contributed by atoms with Gasteiger partial charge in [0.05, 0.1) is 10.9 Å². The highest BCUT2D eigenvalue weighted by atomic mass is 35.5. The van der Waals surface area contributed by atoms with Crippen LogP contribution in [0.3, 0.4) is 0 Å².